The smallest absolute Gasteiger partial charge is 0.251 e. The van der Waals surface area contributed by atoms with Gasteiger partial charge in [-0.1, -0.05) is 0 Å². The number of nitrogens with zero attached hydrogens (tertiary/aromatic N) is 3. The Hall–Kier alpha value is -2.04. The van der Waals surface area contributed by atoms with Gasteiger partial charge in [-0.3, -0.25) is 9.48 Å². The van der Waals surface area contributed by atoms with Crippen LogP contribution in [-0.2, 0) is 13.6 Å². The molecule has 2 aromatic rings. The molecule has 2 aromatic heterocycles. The van der Waals surface area contributed by atoms with E-state index < -0.39 is 0 Å². The Balaban J connectivity index is 2.35. The fraction of sp³-hybridized carbons (Fsp3) is 0.273. The molecular formula is C11H14N4O. The molecule has 5 heteroatoms. The molecule has 2 N–H and O–H groups in total. The van der Waals surface area contributed by atoms with E-state index in [-0.39, 0.29) is 5.56 Å². The lowest BCUT2D eigenvalue weighted by Crippen LogP contribution is -2.20. The number of aryl methyl sites for hydroxylation is 2. The van der Waals surface area contributed by atoms with Gasteiger partial charge < -0.3 is 10.3 Å². The summed E-state index contributed by atoms with van der Waals surface area (Å²) in [5.41, 5.74) is 8.14. The number of nitrogens with two attached hydrogens (primary N) is 1. The first-order valence-electron chi connectivity index (χ1n) is 5.00. The summed E-state index contributed by atoms with van der Waals surface area (Å²) in [7, 11) is 1.84. The Labute approximate surface area is 93.1 Å². The molecule has 0 unspecified atom stereocenters. The SMILES string of the molecule is Cc1cc(=O)n(Cc2cnn(C)c2)cc1N. The van der Waals surface area contributed by atoms with Gasteiger partial charge in [-0.05, 0) is 12.5 Å². The summed E-state index contributed by atoms with van der Waals surface area (Å²) >= 11 is 0. The predicted octanol–water partition coefficient (Wildman–Crippen LogP) is 0.521. The van der Waals surface area contributed by atoms with Crippen LogP contribution in [-0.4, -0.2) is 14.3 Å². The molecule has 0 fully saturated rings. The molecule has 84 valence electrons. The van der Waals surface area contributed by atoms with Crippen molar-refractivity contribution in [2.45, 2.75) is 13.5 Å². The van der Waals surface area contributed by atoms with Gasteiger partial charge in [0, 0.05) is 31.1 Å². The third-order valence-electron chi connectivity index (χ3n) is 2.48. The number of hydrogen-bond donors (Lipinski definition) is 1. The van der Waals surface area contributed by atoms with E-state index in [0.717, 1.165) is 11.1 Å². The summed E-state index contributed by atoms with van der Waals surface area (Å²) in [5.74, 6) is 0. The zero-order chi connectivity index (χ0) is 11.7. The molecule has 0 aliphatic carbocycles. The van der Waals surface area contributed by atoms with Crippen LogP contribution < -0.4 is 11.3 Å². The van der Waals surface area contributed by atoms with Crippen LogP contribution in [0.4, 0.5) is 5.69 Å². The summed E-state index contributed by atoms with van der Waals surface area (Å²) in [6.07, 6.45) is 5.29. The topological polar surface area (TPSA) is 65.8 Å². The molecule has 0 aromatic carbocycles. The molecule has 0 atom stereocenters. The summed E-state index contributed by atoms with van der Waals surface area (Å²) in [5, 5.41) is 4.05. The van der Waals surface area contributed by atoms with Crippen molar-refractivity contribution in [2.24, 2.45) is 7.05 Å². The van der Waals surface area contributed by atoms with Crippen LogP contribution >= 0.6 is 0 Å². The van der Waals surface area contributed by atoms with E-state index in [1.807, 2.05) is 20.2 Å². The second kappa shape index (κ2) is 3.84. The van der Waals surface area contributed by atoms with Gasteiger partial charge >= 0.3 is 0 Å². The van der Waals surface area contributed by atoms with Gasteiger partial charge in [-0.15, -0.1) is 0 Å². The first kappa shape index (κ1) is 10.5. The van der Waals surface area contributed by atoms with Crippen molar-refractivity contribution < 1.29 is 0 Å². The van der Waals surface area contributed by atoms with E-state index in [4.69, 9.17) is 5.73 Å². The van der Waals surface area contributed by atoms with Crippen molar-refractivity contribution in [3.05, 3.63) is 46.1 Å². The zero-order valence-electron chi connectivity index (χ0n) is 9.34. The fourth-order valence-corrected chi connectivity index (χ4v) is 1.56. The number of anilines is 1. The van der Waals surface area contributed by atoms with Crippen molar-refractivity contribution in [2.75, 3.05) is 5.73 Å². The monoisotopic (exact) mass is 218 g/mol. The second-order valence-electron chi connectivity index (χ2n) is 3.90. The predicted molar refractivity (Wildman–Crippen MR) is 62.2 cm³/mol. The molecule has 0 aliphatic rings. The minimum absolute atomic E-state index is 0.0458. The van der Waals surface area contributed by atoms with Crippen molar-refractivity contribution in [3.63, 3.8) is 0 Å². The number of hydrogen-bond acceptors (Lipinski definition) is 3. The Morgan fingerprint density at radius 2 is 2.19 bits per heavy atom. The van der Waals surface area contributed by atoms with Gasteiger partial charge in [0.05, 0.1) is 18.4 Å². The van der Waals surface area contributed by atoms with Crippen molar-refractivity contribution >= 4 is 5.69 Å². The van der Waals surface area contributed by atoms with Crippen LogP contribution in [0.1, 0.15) is 11.1 Å². The highest BCUT2D eigenvalue weighted by molar-refractivity contribution is 5.43. The van der Waals surface area contributed by atoms with E-state index >= 15 is 0 Å². The van der Waals surface area contributed by atoms with Crippen molar-refractivity contribution in [3.8, 4) is 0 Å². The van der Waals surface area contributed by atoms with E-state index in [1.165, 1.54) is 0 Å². The molecule has 0 saturated heterocycles. The van der Waals surface area contributed by atoms with Crippen LogP contribution in [0.5, 0.6) is 0 Å². The molecule has 0 saturated carbocycles. The quantitative estimate of drug-likeness (QED) is 0.799. The molecule has 16 heavy (non-hydrogen) atoms. The Morgan fingerprint density at radius 3 is 2.81 bits per heavy atom. The third-order valence-corrected chi connectivity index (χ3v) is 2.48. The van der Waals surface area contributed by atoms with E-state index in [9.17, 15) is 4.79 Å². The van der Waals surface area contributed by atoms with Gasteiger partial charge in [0.2, 0.25) is 0 Å². The third kappa shape index (κ3) is 1.98. The molecule has 0 amide bonds. The lowest BCUT2D eigenvalue weighted by Gasteiger charge is -2.06. The molecular weight excluding hydrogens is 204 g/mol. The number of nitrogen functional groups attached to an aromatic ring is 1. The van der Waals surface area contributed by atoms with Crippen LogP contribution in [0, 0.1) is 6.92 Å². The van der Waals surface area contributed by atoms with Gasteiger partial charge in [0.25, 0.3) is 5.56 Å². The van der Waals surface area contributed by atoms with Crippen molar-refractivity contribution in [1.29, 1.82) is 0 Å². The summed E-state index contributed by atoms with van der Waals surface area (Å²) in [6.45, 7) is 2.32. The maximum absolute atomic E-state index is 11.7. The zero-order valence-corrected chi connectivity index (χ0v) is 9.34. The maximum atomic E-state index is 11.7. The lowest BCUT2D eigenvalue weighted by molar-refractivity contribution is 0.749. The average molecular weight is 218 g/mol. The highest BCUT2D eigenvalue weighted by Gasteiger charge is 2.02. The maximum Gasteiger partial charge on any atom is 0.251 e. The van der Waals surface area contributed by atoms with Gasteiger partial charge in [-0.2, -0.15) is 5.10 Å². The highest BCUT2D eigenvalue weighted by Crippen LogP contribution is 2.07. The fourth-order valence-electron chi connectivity index (χ4n) is 1.56. The summed E-state index contributed by atoms with van der Waals surface area (Å²) in [4.78, 5) is 11.7. The first-order valence-corrected chi connectivity index (χ1v) is 5.00. The van der Waals surface area contributed by atoms with Crippen LogP contribution in [0.15, 0.2) is 29.5 Å². The van der Waals surface area contributed by atoms with Crippen LogP contribution in [0.2, 0.25) is 0 Å². The number of pyridine rings is 1. The van der Waals surface area contributed by atoms with E-state index in [0.29, 0.717) is 12.2 Å². The minimum Gasteiger partial charge on any atom is -0.397 e. The Kier molecular flexibility index (Phi) is 2.52. The molecule has 0 aliphatic heterocycles. The van der Waals surface area contributed by atoms with Crippen molar-refractivity contribution in [1.82, 2.24) is 14.3 Å². The Bertz CT molecular complexity index is 568. The first-order chi connectivity index (χ1) is 7.56. The van der Waals surface area contributed by atoms with E-state index in [2.05, 4.69) is 5.10 Å². The molecule has 5 nitrogen and oxygen atoms in total. The molecule has 0 spiro atoms. The minimum atomic E-state index is -0.0458. The van der Waals surface area contributed by atoms with Gasteiger partial charge in [0.1, 0.15) is 0 Å². The summed E-state index contributed by atoms with van der Waals surface area (Å²) in [6, 6.07) is 1.55. The molecule has 0 bridgehead atoms. The number of rotatable bonds is 2. The lowest BCUT2D eigenvalue weighted by atomic mass is 10.2. The molecule has 2 rings (SSSR count). The standard InChI is InChI=1S/C11H14N4O/c1-8-3-11(16)15(7-10(8)12)6-9-4-13-14(2)5-9/h3-5,7H,6,12H2,1-2H3. The van der Waals surface area contributed by atoms with Crippen LogP contribution in [0.3, 0.4) is 0 Å². The number of aromatic nitrogens is 3. The Morgan fingerprint density at radius 1 is 1.44 bits per heavy atom. The normalized spacial score (nSPS) is 10.6. The van der Waals surface area contributed by atoms with E-state index in [1.54, 1.807) is 27.7 Å². The highest BCUT2D eigenvalue weighted by atomic mass is 16.1. The van der Waals surface area contributed by atoms with Gasteiger partial charge in [0.15, 0.2) is 0 Å². The molecule has 0 radical (unpaired) electrons. The van der Waals surface area contributed by atoms with Gasteiger partial charge in [-0.25, -0.2) is 0 Å². The summed E-state index contributed by atoms with van der Waals surface area (Å²) < 4.78 is 3.29. The van der Waals surface area contributed by atoms with Crippen LogP contribution in [0.25, 0.3) is 0 Å². The largest absolute Gasteiger partial charge is 0.397 e. The molecule has 2 heterocycles. The average Bonchev–Trinajstić information content (AvgIpc) is 2.60. The second-order valence-corrected chi connectivity index (χ2v) is 3.90.